The van der Waals surface area contributed by atoms with E-state index >= 15 is 0 Å². The summed E-state index contributed by atoms with van der Waals surface area (Å²) in [5, 5.41) is 11.4. The number of hydrogen-bond donors (Lipinski definition) is 1. The van der Waals surface area contributed by atoms with Crippen LogP contribution in [-0.2, 0) is 4.79 Å². The molecule has 6 nitrogen and oxygen atoms in total. The first kappa shape index (κ1) is 18.0. The van der Waals surface area contributed by atoms with Crippen LogP contribution in [0.15, 0.2) is 24.4 Å². The summed E-state index contributed by atoms with van der Waals surface area (Å²) in [6.07, 6.45) is 1.94. The molecule has 1 aromatic heterocycles. The molecule has 1 aromatic carbocycles. The standard InChI is InChI=1S/C18H20F3N5O/c1-11-6-12(2-3-14(11)19)16-9-26(24-23-16)13-7-15(22-8-13)17(27)25-5-4-18(20,21)10-25/h2-3,6,9,13,15,22H,4-5,7-8,10H2,1H3/t13-,15-/m0/s1. The SMILES string of the molecule is Cc1cc(-c2cn([C@@H]3CN[C@H](C(=O)N4CCC(F)(F)C4)C3)nn2)ccc1F. The van der Waals surface area contributed by atoms with E-state index in [9.17, 15) is 18.0 Å². The van der Waals surface area contributed by atoms with E-state index in [1.54, 1.807) is 29.9 Å². The van der Waals surface area contributed by atoms with Gasteiger partial charge in [-0.15, -0.1) is 5.10 Å². The molecule has 2 atom stereocenters. The molecule has 0 aliphatic carbocycles. The van der Waals surface area contributed by atoms with Gasteiger partial charge in [-0.3, -0.25) is 4.79 Å². The Hall–Kier alpha value is -2.42. The summed E-state index contributed by atoms with van der Waals surface area (Å²) in [5.74, 6) is -3.36. The molecule has 0 saturated carbocycles. The molecule has 3 heterocycles. The molecular weight excluding hydrogens is 359 g/mol. The lowest BCUT2D eigenvalue weighted by Crippen LogP contribution is -2.43. The van der Waals surface area contributed by atoms with Crippen LogP contribution < -0.4 is 5.32 Å². The molecule has 2 fully saturated rings. The summed E-state index contributed by atoms with van der Waals surface area (Å²) in [7, 11) is 0. The monoisotopic (exact) mass is 379 g/mol. The smallest absolute Gasteiger partial charge is 0.267 e. The second-order valence-electron chi connectivity index (χ2n) is 7.26. The molecule has 2 aromatic rings. The summed E-state index contributed by atoms with van der Waals surface area (Å²) < 4.78 is 41.8. The average molecular weight is 379 g/mol. The van der Waals surface area contributed by atoms with Gasteiger partial charge in [0, 0.05) is 25.1 Å². The number of nitrogens with zero attached hydrogens (tertiary/aromatic N) is 4. The van der Waals surface area contributed by atoms with Crippen molar-refractivity contribution in [3.05, 3.63) is 35.8 Å². The van der Waals surface area contributed by atoms with Crippen molar-refractivity contribution in [2.24, 2.45) is 0 Å². The molecule has 0 radical (unpaired) electrons. The number of nitrogens with one attached hydrogen (secondary N) is 1. The van der Waals surface area contributed by atoms with Crippen molar-refractivity contribution < 1.29 is 18.0 Å². The Labute approximate surface area is 154 Å². The topological polar surface area (TPSA) is 63.1 Å². The van der Waals surface area contributed by atoms with Crippen LogP contribution in [0.5, 0.6) is 0 Å². The predicted molar refractivity (Wildman–Crippen MR) is 91.7 cm³/mol. The van der Waals surface area contributed by atoms with Gasteiger partial charge < -0.3 is 10.2 Å². The number of aromatic nitrogens is 3. The first-order valence-corrected chi connectivity index (χ1v) is 8.91. The van der Waals surface area contributed by atoms with Crippen molar-refractivity contribution >= 4 is 5.91 Å². The van der Waals surface area contributed by atoms with Crippen LogP contribution in [0.3, 0.4) is 0 Å². The van der Waals surface area contributed by atoms with E-state index in [4.69, 9.17) is 0 Å². The predicted octanol–water partition coefficient (Wildman–Crippen LogP) is 2.16. The highest BCUT2D eigenvalue weighted by molar-refractivity contribution is 5.82. The Kier molecular flexibility index (Phi) is 4.41. The minimum absolute atomic E-state index is 0.0894. The lowest BCUT2D eigenvalue weighted by molar-refractivity contribution is -0.133. The van der Waals surface area contributed by atoms with Crippen LogP contribution in [0, 0.1) is 12.7 Å². The highest BCUT2D eigenvalue weighted by Gasteiger charge is 2.43. The number of halogens is 3. The van der Waals surface area contributed by atoms with Crippen LogP contribution in [0.4, 0.5) is 13.2 Å². The van der Waals surface area contributed by atoms with Gasteiger partial charge in [-0.25, -0.2) is 17.9 Å². The maximum Gasteiger partial charge on any atom is 0.267 e. The van der Waals surface area contributed by atoms with Gasteiger partial charge in [0.2, 0.25) is 5.91 Å². The molecule has 0 unspecified atom stereocenters. The van der Waals surface area contributed by atoms with Gasteiger partial charge in [0.1, 0.15) is 11.5 Å². The van der Waals surface area contributed by atoms with Crippen LogP contribution in [0.25, 0.3) is 11.3 Å². The Bertz CT molecular complexity index is 868. The molecule has 144 valence electrons. The van der Waals surface area contributed by atoms with Gasteiger partial charge in [-0.1, -0.05) is 5.21 Å². The van der Waals surface area contributed by atoms with E-state index in [2.05, 4.69) is 15.6 Å². The van der Waals surface area contributed by atoms with Crippen LogP contribution in [0.1, 0.15) is 24.4 Å². The third-order valence-corrected chi connectivity index (χ3v) is 5.23. The normalized spacial score (nSPS) is 24.5. The molecular formula is C18H20F3N5O. The summed E-state index contributed by atoms with van der Waals surface area (Å²) >= 11 is 0. The van der Waals surface area contributed by atoms with Crippen molar-refractivity contribution in [2.45, 2.75) is 37.8 Å². The van der Waals surface area contributed by atoms with Crippen molar-refractivity contribution in [1.82, 2.24) is 25.2 Å². The fraction of sp³-hybridized carbons (Fsp3) is 0.500. The van der Waals surface area contributed by atoms with E-state index in [-0.39, 0.29) is 30.7 Å². The zero-order valence-corrected chi connectivity index (χ0v) is 14.8. The largest absolute Gasteiger partial charge is 0.335 e. The Morgan fingerprint density at radius 3 is 2.89 bits per heavy atom. The Balaban J connectivity index is 1.43. The molecule has 2 saturated heterocycles. The number of likely N-dealkylation sites (tertiary alicyclic amines) is 1. The van der Waals surface area contributed by atoms with E-state index in [0.29, 0.717) is 24.2 Å². The average Bonchev–Trinajstić information content (AvgIpc) is 3.35. The van der Waals surface area contributed by atoms with Crippen LogP contribution >= 0.6 is 0 Å². The number of carbonyl (C=O) groups is 1. The van der Waals surface area contributed by atoms with Crippen molar-refractivity contribution in [3.8, 4) is 11.3 Å². The van der Waals surface area contributed by atoms with Gasteiger partial charge in [-0.2, -0.15) is 0 Å². The molecule has 9 heteroatoms. The highest BCUT2D eigenvalue weighted by Crippen LogP contribution is 2.29. The molecule has 2 aliphatic rings. The number of alkyl halides is 2. The van der Waals surface area contributed by atoms with Crippen molar-refractivity contribution in [2.75, 3.05) is 19.6 Å². The maximum atomic E-state index is 13.4. The number of benzene rings is 1. The zero-order chi connectivity index (χ0) is 19.2. The van der Waals surface area contributed by atoms with Gasteiger partial charge in [0.25, 0.3) is 5.92 Å². The lowest BCUT2D eigenvalue weighted by Gasteiger charge is -2.20. The number of carbonyl (C=O) groups excluding carboxylic acids is 1. The summed E-state index contributed by atoms with van der Waals surface area (Å²) in [4.78, 5) is 13.7. The molecule has 0 bridgehead atoms. The van der Waals surface area contributed by atoms with Crippen molar-refractivity contribution in [3.63, 3.8) is 0 Å². The van der Waals surface area contributed by atoms with Crippen LogP contribution in [0.2, 0.25) is 0 Å². The molecule has 1 amide bonds. The van der Waals surface area contributed by atoms with Gasteiger partial charge in [0.15, 0.2) is 0 Å². The number of aryl methyl sites for hydroxylation is 1. The fourth-order valence-corrected chi connectivity index (χ4v) is 3.64. The Morgan fingerprint density at radius 2 is 2.19 bits per heavy atom. The minimum atomic E-state index is -2.79. The fourth-order valence-electron chi connectivity index (χ4n) is 3.64. The number of rotatable bonds is 3. The van der Waals surface area contributed by atoms with Crippen molar-refractivity contribution in [1.29, 1.82) is 0 Å². The first-order valence-electron chi connectivity index (χ1n) is 8.91. The second-order valence-corrected chi connectivity index (χ2v) is 7.26. The van der Waals surface area contributed by atoms with Gasteiger partial charge >= 0.3 is 0 Å². The minimum Gasteiger partial charge on any atom is -0.335 e. The van der Waals surface area contributed by atoms with Gasteiger partial charge in [0.05, 0.1) is 24.8 Å². The quantitative estimate of drug-likeness (QED) is 0.888. The third-order valence-electron chi connectivity index (χ3n) is 5.23. The second kappa shape index (κ2) is 6.63. The van der Waals surface area contributed by atoms with Gasteiger partial charge in [-0.05, 0) is 37.1 Å². The molecule has 4 rings (SSSR count). The first-order chi connectivity index (χ1) is 12.8. The zero-order valence-electron chi connectivity index (χ0n) is 14.8. The summed E-state index contributed by atoms with van der Waals surface area (Å²) in [6.45, 7) is 1.77. The molecule has 0 spiro atoms. The molecule has 27 heavy (non-hydrogen) atoms. The van der Waals surface area contributed by atoms with Crippen LogP contribution in [-0.4, -0.2) is 57.4 Å². The molecule has 1 N–H and O–H groups in total. The number of amides is 1. The number of hydrogen-bond acceptors (Lipinski definition) is 4. The summed E-state index contributed by atoms with van der Waals surface area (Å²) in [6, 6.07) is 4.15. The van der Waals surface area contributed by atoms with E-state index in [1.165, 1.54) is 11.0 Å². The summed E-state index contributed by atoms with van der Waals surface area (Å²) in [5.41, 5.74) is 1.91. The van der Waals surface area contributed by atoms with E-state index < -0.39 is 18.5 Å². The maximum absolute atomic E-state index is 13.4. The van der Waals surface area contributed by atoms with E-state index in [1.807, 2.05) is 0 Å². The third kappa shape index (κ3) is 3.55. The highest BCUT2D eigenvalue weighted by atomic mass is 19.3. The van der Waals surface area contributed by atoms with E-state index in [0.717, 1.165) is 5.56 Å². The lowest BCUT2D eigenvalue weighted by atomic mass is 10.1. The molecule has 2 aliphatic heterocycles. The Morgan fingerprint density at radius 1 is 1.37 bits per heavy atom.